The normalized spacial score (nSPS) is 16.2. The first-order valence-electron chi connectivity index (χ1n) is 11.0. The molecule has 1 aliphatic heterocycles. The van der Waals surface area contributed by atoms with Gasteiger partial charge in [0.2, 0.25) is 0 Å². The Hall–Kier alpha value is -3.30. The largest absolute Gasteiger partial charge is 0.457 e. The van der Waals surface area contributed by atoms with E-state index < -0.39 is 9.84 Å². The number of sulfone groups is 1. The summed E-state index contributed by atoms with van der Waals surface area (Å²) >= 11 is 5.52. The van der Waals surface area contributed by atoms with Crippen LogP contribution in [0.5, 0.6) is 11.5 Å². The number of hydrogen-bond acceptors (Lipinski definition) is 6. The molecule has 1 fully saturated rings. The number of benzene rings is 2. The number of rotatable bonds is 5. The van der Waals surface area contributed by atoms with Crippen LogP contribution in [0.3, 0.4) is 0 Å². The summed E-state index contributed by atoms with van der Waals surface area (Å²) in [4.78, 5) is 15.9. The van der Waals surface area contributed by atoms with Gasteiger partial charge in [0.1, 0.15) is 17.2 Å². The van der Waals surface area contributed by atoms with Crippen LogP contribution in [0.25, 0.3) is 22.6 Å². The number of aromatic nitrogens is 3. The average Bonchev–Trinajstić information content (AvgIpc) is 3.46. The van der Waals surface area contributed by atoms with Gasteiger partial charge in [-0.25, -0.2) is 13.4 Å². The van der Waals surface area contributed by atoms with E-state index in [-0.39, 0.29) is 10.9 Å². The van der Waals surface area contributed by atoms with E-state index in [1.165, 1.54) is 6.26 Å². The van der Waals surface area contributed by atoms with E-state index >= 15 is 0 Å². The van der Waals surface area contributed by atoms with Crippen molar-refractivity contribution in [1.29, 1.82) is 0 Å². The van der Waals surface area contributed by atoms with Crippen molar-refractivity contribution >= 4 is 38.1 Å². The summed E-state index contributed by atoms with van der Waals surface area (Å²) < 4.78 is 29.9. The fourth-order valence-corrected chi connectivity index (χ4v) is 5.23. The molecule has 0 amide bonds. The van der Waals surface area contributed by atoms with Crippen molar-refractivity contribution in [3.63, 3.8) is 0 Å². The van der Waals surface area contributed by atoms with Crippen molar-refractivity contribution in [2.24, 2.45) is 0 Å². The number of nitrogens with one attached hydrogen (secondary N) is 1. The third-order valence-electron chi connectivity index (χ3n) is 6.02. The minimum atomic E-state index is -3.28. The standard InChI is InChI=1S/C25H24N4O3S2/c1-16(33)29-13-5-7-23(29)19-14-21-22(28-25(27-21)20-6-3-4-12-26-20)15-24(19)32-17-8-10-18(11-9-17)34(2,30)31/h3-4,6,8-12,14-15,23H,5,7,13H2,1-2H3,(H,27,28). The van der Waals surface area contributed by atoms with Gasteiger partial charge in [-0.15, -0.1) is 0 Å². The molecule has 2 aromatic heterocycles. The van der Waals surface area contributed by atoms with Crippen LogP contribution in [0.4, 0.5) is 0 Å². The Balaban J connectivity index is 1.59. The molecule has 174 valence electrons. The molecule has 0 bridgehead atoms. The third-order valence-corrected chi connectivity index (χ3v) is 7.38. The lowest BCUT2D eigenvalue weighted by atomic mass is 10.0. The molecular formula is C25H24N4O3S2. The molecule has 5 rings (SSSR count). The van der Waals surface area contributed by atoms with Crippen LogP contribution in [-0.2, 0) is 9.84 Å². The number of H-pyrrole nitrogens is 1. The molecule has 9 heteroatoms. The summed E-state index contributed by atoms with van der Waals surface area (Å²) in [5.41, 5.74) is 3.43. The lowest BCUT2D eigenvalue weighted by Crippen LogP contribution is -2.27. The summed E-state index contributed by atoms with van der Waals surface area (Å²) in [7, 11) is -3.28. The van der Waals surface area contributed by atoms with E-state index in [0.29, 0.717) is 17.3 Å². The quantitative estimate of drug-likeness (QED) is 0.378. The Labute approximate surface area is 203 Å². The van der Waals surface area contributed by atoms with Gasteiger partial charge < -0.3 is 14.6 Å². The van der Waals surface area contributed by atoms with Crippen LogP contribution in [0, 0.1) is 0 Å². The number of hydrogen-bond donors (Lipinski definition) is 1. The number of nitrogens with zero attached hydrogens (tertiary/aromatic N) is 3. The van der Waals surface area contributed by atoms with E-state index in [1.807, 2.05) is 31.2 Å². The van der Waals surface area contributed by atoms with E-state index in [1.54, 1.807) is 30.5 Å². The van der Waals surface area contributed by atoms with Crippen molar-refractivity contribution in [3.8, 4) is 23.0 Å². The highest BCUT2D eigenvalue weighted by atomic mass is 32.2. The van der Waals surface area contributed by atoms with Crippen LogP contribution in [0.1, 0.15) is 31.4 Å². The SMILES string of the molecule is CC(=S)N1CCCC1c1cc2[nH]c(-c3ccccn3)nc2cc1Oc1ccc(S(C)(=O)=O)cc1. The molecule has 7 nitrogen and oxygen atoms in total. The van der Waals surface area contributed by atoms with Gasteiger partial charge >= 0.3 is 0 Å². The predicted molar refractivity (Wildman–Crippen MR) is 136 cm³/mol. The van der Waals surface area contributed by atoms with Gasteiger partial charge in [-0.2, -0.15) is 0 Å². The highest BCUT2D eigenvalue weighted by Gasteiger charge is 2.30. The number of thiocarbonyl (C=S) groups is 1. The fraction of sp³-hybridized carbons (Fsp3) is 0.240. The summed E-state index contributed by atoms with van der Waals surface area (Å²) in [5, 5.41) is 0. The lowest BCUT2D eigenvalue weighted by Gasteiger charge is -2.27. The second-order valence-electron chi connectivity index (χ2n) is 8.42. The highest BCUT2D eigenvalue weighted by molar-refractivity contribution is 7.90. The van der Waals surface area contributed by atoms with Gasteiger partial charge in [-0.1, -0.05) is 18.3 Å². The molecule has 2 aromatic carbocycles. The predicted octanol–water partition coefficient (Wildman–Crippen LogP) is 5.30. The van der Waals surface area contributed by atoms with Gasteiger partial charge in [0.15, 0.2) is 15.7 Å². The number of imidazole rings is 1. The minimum Gasteiger partial charge on any atom is -0.457 e. The maximum Gasteiger partial charge on any atom is 0.175 e. The molecule has 34 heavy (non-hydrogen) atoms. The number of likely N-dealkylation sites (tertiary alicyclic amines) is 1. The number of fused-ring (bicyclic) bond motifs is 1. The van der Waals surface area contributed by atoms with Crippen LogP contribution in [0.2, 0.25) is 0 Å². The van der Waals surface area contributed by atoms with Crippen molar-refractivity contribution < 1.29 is 13.2 Å². The maximum atomic E-state index is 11.8. The average molecular weight is 493 g/mol. The first kappa shape index (κ1) is 22.5. The summed E-state index contributed by atoms with van der Waals surface area (Å²) in [6.07, 6.45) is 4.93. The zero-order valence-corrected chi connectivity index (χ0v) is 20.5. The second kappa shape index (κ2) is 8.81. The molecule has 1 atom stereocenters. The van der Waals surface area contributed by atoms with Crippen molar-refractivity contribution in [3.05, 3.63) is 66.4 Å². The minimum absolute atomic E-state index is 0.0915. The first-order valence-corrected chi connectivity index (χ1v) is 13.3. The lowest BCUT2D eigenvalue weighted by molar-refractivity contribution is 0.387. The van der Waals surface area contributed by atoms with Gasteiger partial charge in [0.05, 0.1) is 27.0 Å². The van der Waals surface area contributed by atoms with Crippen LogP contribution in [0.15, 0.2) is 65.7 Å². The van der Waals surface area contributed by atoms with Crippen molar-refractivity contribution in [1.82, 2.24) is 19.9 Å². The zero-order valence-electron chi connectivity index (χ0n) is 18.9. The van der Waals surface area contributed by atoms with Crippen LogP contribution in [-0.4, -0.2) is 46.1 Å². The van der Waals surface area contributed by atoms with Gasteiger partial charge in [0.25, 0.3) is 0 Å². The summed E-state index contributed by atoms with van der Waals surface area (Å²) in [6, 6.07) is 16.3. The summed E-state index contributed by atoms with van der Waals surface area (Å²) in [5.74, 6) is 1.91. The van der Waals surface area contributed by atoms with Crippen LogP contribution < -0.4 is 4.74 Å². The van der Waals surface area contributed by atoms with E-state index in [2.05, 4.69) is 20.9 Å². The Morgan fingerprint density at radius 2 is 1.97 bits per heavy atom. The number of pyridine rings is 1. The van der Waals surface area contributed by atoms with E-state index in [9.17, 15) is 8.42 Å². The van der Waals surface area contributed by atoms with Gasteiger partial charge in [-0.05, 0) is 62.2 Å². The van der Waals surface area contributed by atoms with E-state index in [4.69, 9.17) is 21.9 Å². The molecule has 3 heterocycles. The molecule has 1 aliphatic rings. The third kappa shape index (κ3) is 4.41. The van der Waals surface area contributed by atoms with E-state index in [0.717, 1.165) is 46.7 Å². The van der Waals surface area contributed by atoms with Gasteiger partial charge in [0, 0.05) is 30.6 Å². The number of ether oxygens (including phenoxy) is 1. The highest BCUT2D eigenvalue weighted by Crippen LogP contribution is 2.41. The zero-order chi connectivity index (χ0) is 23.9. The Morgan fingerprint density at radius 3 is 2.65 bits per heavy atom. The van der Waals surface area contributed by atoms with Crippen molar-refractivity contribution in [2.45, 2.75) is 30.7 Å². The first-order chi connectivity index (χ1) is 16.3. The second-order valence-corrected chi connectivity index (χ2v) is 11.0. The maximum absolute atomic E-state index is 11.8. The molecule has 1 saturated heterocycles. The summed E-state index contributed by atoms with van der Waals surface area (Å²) in [6.45, 7) is 2.86. The van der Waals surface area contributed by atoms with Gasteiger partial charge in [-0.3, -0.25) is 4.98 Å². The molecule has 0 radical (unpaired) electrons. The molecular weight excluding hydrogens is 468 g/mol. The van der Waals surface area contributed by atoms with Crippen molar-refractivity contribution in [2.75, 3.05) is 12.8 Å². The smallest absolute Gasteiger partial charge is 0.175 e. The Morgan fingerprint density at radius 1 is 1.18 bits per heavy atom. The molecule has 4 aromatic rings. The fourth-order valence-electron chi connectivity index (χ4n) is 4.38. The Bertz CT molecular complexity index is 1470. The Kier molecular flexibility index (Phi) is 5.83. The monoisotopic (exact) mass is 492 g/mol. The molecule has 0 aliphatic carbocycles. The molecule has 1 unspecified atom stereocenters. The molecule has 0 saturated carbocycles. The molecule has 1 N–H and O–H groups in total. The number of aromatic amines is 1. The molecule has 0 spiro atoms. The topological polar surface area (TPSA) is 88.2 Å². The van der Waals surface area contributed by atoms with Crippen LogP contribution >= 0.6 is 12.2 Å².